The smallest absolute Gasteiger partial charge is 0.338 e. The number of amides is 2. The first-order valence-electron chi connectivity index (χ1n) is 8.57. The Bertz CT molecular complexity index is 1060. The van der Waals surface area contributed by atoms with Crippen LogP contribution >= 0.6 is 0 Å². The van der Waals surface area contributed by atoms with Crippen LogP contribution in [0.2, 0.25) is 0 Å². The maximum absolute atomic E-state index is 12.6. The van der Waals surface area contributed by atoms with Crippen LogP contribution in [0.15, 0.2) is 45.5 Å². The van der Waals surface area contributed by atoms with Crippen molar-refractivity contribution in [2.24, 2.45) is 0 Å². The number of aryl methyl sites for hydroxylation is 2. The number of benzene rings is 1. The minimum absolute atomic E-state index is 0.00851. The number of hydrogen-bond donors (Lipinski definition) is 0. The molecule has 1 aromatic carbocycles. The highest BCUT2D eigenvalue weighted by Crippen LogP contribution is 2.26. The van der Waals surface area contributed by atoms with Crippen molar-refractivity contribution >= 4 is 17.8 Å². The van der Waals surface area contributed by atoms with Crippen molar-refractivity contribution in [1.29, 1.82) is 0 Å². The Morgan fingerprint density at radius 2 is 1.93 bits per heavy atom. The Balaban J connectivity index is 1.52. The molecule has 28 heavy (non-hydrogen) atoms. The van der Waals surface area contributed by atoms with E-state index in [1.165, 1.54) is 24.5 Å². The summed E-state index contributed by atoms with van der Waals surface area (Å²) < 4.78 is 15.5. The molecular weight excluding hydrogens is 364 g/mol. The number of aromatic nitrogens is 1. The molecule has 0 N–H and O–H groups in total. The molecule has 3 aromatic rings. The van der Waals surface area contributed by atoms with Gasteiger partial charge in [0.1, 0.15) is 18.1 Å². The molecule has 8 nitrogen and oxygen atoms in total. The summed E-state index contributed by atoms with van der Waals surface area (Å²) in [5, 5.41) is 3.81. The molecule has 2 aromatic heterocycles. The average Bonchev–Trinajstić information content (AvgIpc) is 3.37. The molecule has 0 bridgehead atoms. The van der Waals surface area contributed by atoms with E-state index in [-0.39, 0.29) is 29.8 Å². The van der Waals surface area contributed by atoms with Crippen molar-refractivity contribution in [1.82, 2.24) is 10.1 Å². The third-order valence-electron chi connectivity index (χ3n) is 4.63. The van der Waals surface area contributed by atoms with Gasteiger partial charge in [0, 0.05) is 0 Å². The van der Waals surface area contributed by atoms with Gasteiger partial charge in [0.25, 0.3) is 11.8 Å². The number of hydrogen-bond acceptors (Lipinski definition) is 7. The molecular formula is C20H16N2O6. The number of rotatable bonds is 5. The second-order valence-corrected chi connectivity index (χ2v) is 6.42. The quantitative estimate of drug-likeness (QED) is 0.495. The van der Waals surface area contributed by atoms with E-state index in [9.17, 15) is 14.4 Å². The number of imide groups is 1. The maximum Gasteiger partial charge on any atom is 0.338 e. The average molecular weight is 380 g/mol. The van der Waals surface area contributed by atoms with Gasteiger partial charge in [0.15, 0.2) is 0 Å². The first kappa shape index (κ1) is 17.7. The third-order valence-corrected chi connectivity index (χ3v) is 4.63. The molecule has 4 rings (SSSR count). The highest BCUT2D eigenvalue weighted by Gasteiger charge is 2.36. The summed E-state index contributed by atoms with van der Waals surface area (Å²) in [6, 6.07) is 7.68. The highest BCUT2D eigenvalue weighted by atomic mass is 16.5. The molecule has 142 valence electrons. The van der Waals surface area contributed by atoms with Gasteiger partial charge in [-0.2, -0.15) is 0 Å². The van der Waals surface area contributed by atoms with Crippen molar-refractivity contribution in [3.05, 3.63) is 76.1 Å². The molecule has 0 atom stereocenters. The maximum atomic E-state index is 12.6. The predicted octanol–water partition coefficient (Wildman–Crippen LogP) is 3.04. The Morgan fingerprint density at radius 3 is 2.61 bits per heavy atom. The van der Waals surface area contributed by atoms with Gasteiger partial charge in [-0.1, -0.05) is 5.16 Å². The highest BCUT2D eigenvalue weighted by molar-refractivity contribution is 6.21. The van der Waals surface area contributed by atoms with Gasteiger partial charge in [-0.25, -0.2) is 4.79 Å². The lowest BCUT2D eigenvalue weighted by Crippen LogP contribution is -2.28. The Kier molecular flexibility index (Phi) is 4.31. The zero-order chi connectivity index (χ0) is 19.8. The lowest BCUT2D eigenvalue weighted by Gasteiger charge is -2.11. The minimum Gasteiger partial charge on any atom is -0.467 e. The number of nitrogens with zero attached hydrogens (tertiary/aromatic N) is 2. The SMILES string of the molecule is Cc1noc(C)c1COC(=O)c1ccc2c(c1)C(=O)N(Cc1ccco1)C2=O. The molecule has 0 fully saturated rings. The number of furan rings is 1. The van der Waals surface area contributed by atoms with Crippen molar-refractivity contribution in [2.75, 3.05) is 0 Å². The normalized spacial score (nSPS) is 13.1. The lowest BCUT2D eigenvalue weighted by molar-refractivity contribution is 0.0470. The second-order valence-electron chi connectivity index (χ2n) is 6.42. The molecule has 1 aliphatic rings. The fourth-order valence-corrected chi connectivity index (χ4v) is 3.05. The fourth-order valence-electron chi connectivity index (χ4n) is 3.05. The van der Waals surface area contributed by atoms with E-state index in [0.29, 0.717) is 22.8 Å². The number of fused-ring (bicyclic) bond motifs is 1. The summed E-state index contributed by atoms with van der Waals surface area (Å²) in [4.78, 5) is 38.6. The molecule has 3 heterocycles. The van der Waals surface area contributed by atoms with Crippen LogP contribution in [0, 0.1) is 13.8 Å². The molecule has 0 radical (unpaired) electrons. The van der Waals surface area contributed by atoms with Crippen LogP contribution in [0.25, 0.3) is 0 Å². The van der Waals surface area contributed by atoms with E-state index in [0.717, 1.165) is 4.90 Å². The Hall–Kier alpha value is -3.68. The topological polar surface area (TPSA) is 103 Å². The molecule has 1 aliphatic heterocycles. The fraction of sp³-hybridized carbons (Fsp3) is 0.200. The van der Waals surface area contributed by atoms with Gasteiger partial charge in [-0.05, 0) is 44.2 Å². The number of ether oxygens (including phenoxy) is 1. The summed E-state index contributed by atoms with van der Waals surface area (Å²) in [6.45, 7) is 3.53. The van der Waals surface area contributed by atoms with E-state index in [4.69, 9.17) is 13.7 Å². The predicted molar refractivity (Wildman–Crippen MR) is 94.5 cm³/mol. The second kappa shape index (κ2) is 6.80. The summed E-state index contributed by atoms with van der Waals surface area (Å²) >= 11 is 0. The summed E-state index contributed by atoms with van der Waals surface area (Å²) in [5.74, 6) is -0.432. The number of carbonyl (C=O) groups is 3. The molecule has 0 aliphatic carbocycles. The van der Waals surface area contributed by atoms with Crippen LogP contribution in [-0.4, -0.2) is 27.8 Å². The molecule has 0 saturated carbocycles. The molecule has 0 saturated heterocycles. The van der Waals surface area contributed by atoms with Gasteiger partial charge in [0.05, 0.1) is 40.8 Å². The van der Waals surface area contributed by atoms with E-state index in [1.807, 2.05) is 0 Å². The van der Waals surface area contributed by atoms with Gasteiger partial charge in [0.2, 0.25) is 0 Å². The van der Waals surface area contributed by atoms with Crippen molar-refractivity contribution in [3.8, 4) is 0 Å². The zero-order valence-corrected chi connectivity index (χ0v) is 15.2. The van der Waals surface area contributed by atoms with Crippen molar-refractivity contribution < 1.29 is 28.1 Å². The monoisotopic (exact) mass is 380 g/mol. The molecule has 0 unspecified atom stereocenters. The molecule has 8 heteroatoms. The van der Waals surface area contributed by atoms with Crippen LogP contribution in [0.5, 0.6) is 0 Å². The number of esters is 1. The Labute approximate surface area is 159 Å². The van der Waals surface area contributed by atoms with Crippen LogP contribution in [0.4, 0.5) is 0 Å². The van der Waals surface area contributed by atoms with Crippen LogP contribution in [0.1, 0.15) is 53.9 Å². The van der Waals surface area contributed by atoms with Gasteiger partial charge in [-0.15, -0.1) is 0 Å². The lowest BCUT2D eigenvalue weighted by atomic mass is 10.1. The summed E-state index contributed by atoms with van der Waals surface area (Å²) in [6.07, 6.45) is 1.47. The summed E-state index contributed by atoms with van der Waals surface area (Å²) in [7, 11) is 0. The van der Waals surface area contributed by atoms with Crippen LogP contribution in [-0.2, 0) is 17.9 Å². The van der Waals surface area contributed by atoms with Crippen LogP contribution < -0.4 is 0 Å². The molecule has 2 amide bonds. The first-order chi connectivity index (χ1) is 13.5. The van der Waals surface area contributed by atoms with E-state index >= 15 is 0 Å². The zero-order valence-electron chi connectivity index (χ0n) is 15.2. The van der Waals surface area contributed by atoms with E-state index in [1.54, 1.807) is 26.0 Å². The largest absolute Gasteiger partial charge is 0.467 e. The van der Waals surface area contributed by atoms with Gasteiger partial charge in [-0.3, -0.25) is 14.5 Å². The van der Waals surface area contributed by atoms with Gasteiger partial charge >= 0.3 is 5.97 Å². The van der Waals surface area contributed by atoms with Gasteiger partial charge < -0.3 is 13.7 Å². The van der Waals surface area contributed by atoms with Crippen LogP contribution in [0.3, 0.4) is 0 Å². The third kappa shape index (κ3) is 2.98. The van der Waals surface area contributed by atoms with E-state index in [2.05, 4.69) is 5.16 Å². The molecule has 0 spiro atoms. The Morgan fingerprint density at radius 1 is 1.14 bits per heavy atom. The van der Waals surface area contributed by atoms with E-state index < -0.39 is 17.8 Å². The first-order valence-corrected chi connectivity index (χ1v) is 8.57. The van der Waals surface area contributed by atoms with Crippen molar-refractivity contribution in [2.45, 2.75) is 27.0 Å². The standard InChI is InChI=1S/C20H16N2O6/c1-11-17(12(2)28-21-11)10-27-20(25)13-5-6-15-16(8-13)19(24)22(18(15)23)9-14-4-3-7-26-14/h3-8H,9-10H2,1-2H3. The van der Waals surface area contributed by atoms with Crippen molar-refractivity contribution in [3.63, 3.8) is 0 Å². The number of carbonyl (C=O) groups excluding carboxylic acids is 3. The summed E-state index contributed by atoms with van der Waals surface area (Å²) in [5.41, 5.74) is 1.95. The minimum atomic E-state index is -0.604.